The second kappa shape index (κ2) is 7.44. The standard InChI is InChI=1S/C17H26N2O/c1-2-13-7-9-14(10-8-13)11-17(20)19-16-6-4-3-5-15(16)12-18/h7-10,15-16H,2-6,11-12,18H2,1H3,(H,19,20). The van der Waals surface area contributed by atoms with E-state index in [1.54, 1.807) is 0 Å². The summed E-state index contributed by atoms with van der Waals surface area (Å²) in [6, 6.07) is 8.59. The number of rotatable bonds is 5. The molecule has 3 heteroatoms. The Morgan fingerprint density at radius 1 is 1.20 bits per heavy atom. The van der Waals surface area contributed by atoms with Crippen LogP contribution in [0.25, 0.3) is 0 Å². The lowest BCUT2D eigenvalue weighted by Gasteiger charge is -2.31. The molecule has 1 aromatic carbocycles. The molecule has 1 saturated carbocycles. The summed E-state index contributed by atoms with van der Waals surface area (Å²) in [6.07, 6.45) is 6.17. The van der Waals surface area contributed by atoms with Gasteiger partial charge in [0.2, 0.25) is 5.91 Å². The van der Waals surface area contributed by atoms with Crippen LogP contribution in [0.3, 0.4) is 0 Å². The van der Waals surface area contributed by atoms with Crippen molar-refractivity contribution in [2.75, 3.05) is 6.54 Å². The highest BCUT2D eigenvalue weighted by molar-refractivity contribution is 5.78. The van der Waals surface area contributed by atoms with Crippen LogP contribution in [0.15, 0.2) is 24.3 Å². The largest absolute Gasteiger partial charge is 0.353 e. The summed E-state index contributed by atoms with van der Waals surface area (Å²) in [6.45, 7) is 2.81. The van der Waals surface area contributed by atoms with Crippen LogP contribution >= 0.6 is 0 Å². The fourth-order valence-corrected chi connectivity index (χ4v) is 3.02. The quantitative estimate of drug-likeness (QED) is 0.866. The second-order valence-electron chi connectivity index (χ2n) is 5.80. The highest BCUT2D eigenvalue weighted by Gasteiger charge is 2.25. The zero-order valence-electron chi connectivity index (χ0n) is 12.4. The van der Waals surface area contributed by atoms with Gasteiger partial charge in [-0.3, -0.25) is 4.79 Å². The summed E-state index contributed by atoms with van der Waals surface area (Å²) in [4.78, 5) is 12.1. The molecule has 2 atom stereocenters. The number of carbonyl (C=O) groups excluding carboxylic acids is 1. The number of amides is 1. The molecular formula is C17H26N2O. The molecule has 20 heavy (non-hydrogen) atoms. The van der Waals surface area contributed by atoms with Crippen LogP contribution in [-0.2, 0) is 17.6 Å². The fraction of sp³-hybridized carbons (Fsp3) is 0.588. The first-order valence-electron chi connectivity index (χ1n) is 7.80. The van der Waals surface area contributed by atoms with Crippen LogP contribution in [0, 0.1) is 5.92 Å². The van der Waals surface area contributed by atoms with Crippen LogP contribution in [0.1, 0.15) is 43.7 Å². The second-order valence-corrected chi connectivity index (χ2v) is 5.80. The molecule has 0 spiro atoms. The molecule has 2 rings (SSSR count). The van der Waals surface area contributed by atoms with E-state index in [9.17, 15) is 4.79 Å². The first-order chi connectivity index (χ1) is 9.72. The molecule has 1 aliphatic carbocycles. The third-order valence-electron chi connectivity index (χ3n) is 4.35. The predicted molar refractivity (Wildman–Crippen MR) is 82.5 cm³/mol. The van der Waals surface area contributed by atoms with Crippen molar-refractivity contribution in [2.24, 2.45) is 11.7 Å². The lowest BCUT2D eigenvalue weighted by Crippen LogP contribution is -2.45. The van der Waals surface area contributed by atoms with Gasteiger partial charge in [0.05, 0.1) is 6.42 Å². The third kappa shape index (κ3) is 4.07. The van der Waals surface area contributed by atoms with Gasteiger partial charge in [-0.2, -0.15) is 0 Å². The van der Waals surface area contributed by atoms with Crippen molar-refractivity contribution in [3.63, 3.8) is 0 Å². The van der Waals surface area contributed by atoms with Gasteiger partial charge in [0.1, 0.15) is 0 Å². The number of benzene rings is 1. The summed E-state index contributed by atoms with van der Waals surface area (Å²) < 4.78 is 0. The fourth-order valence-electron chi connectivity index (χ4n) is 3.02. The highest BCUT2D eigenvalue weighted by Crippen LogP contribution is 2.23. The van der Waals surface area contributed by atoms with Gasteiger partial charge in [-0.15, -0.1) is 0 Å². The molecule has 3 N–H and O–H groups in total. The van der Waals surface area contributed by atoms with Crippen LogP contribution in [0.4, 0.5) is 0 Å². The van der Waals surface area contributed by atoms with Crippen molar-refractivity contribution in [1.29, 1.82) is 0 Å². The topological polar surface area (TPSA) is 55.1 Å². The van der Waals surface area contributed by atoms with Crippen molar-refractivity contribution in [2.45, 2.75) is 51.5 Å². The molecule has 0 radical (unpaired) electrons. The highest BCUT2D eigenvalue weighted by atomic mass is 16.1. The number of nitrogens with two attached hydrogens (primary N) is 1. The van der Waals surface area contributed by atoms with Gasteiger partial charge in [0.25, 0.3) is 0 Å². The van der Waals surface area contributed by atoms with E-state index in [2.05, 4.69) is 36.5 Å². The van der Waals surface area contributed by atoms with Gasteiger partial charge in [-0.1, -0.05) is 44.0 Å². The Kier molecular flexibility index (Phi) is 5.60. The average Bonchev–Trinajstić information content (AvgIpc) is 2.48. The number of hydrogen-bond donors (Lipinski definition) is 2. The first kappa shape index (κ1) is 15.0. The van der Waals surface area contributed by atoms with Crippen LogP contribution in [0.5, 0.6) is 0 Å². The summed E-state index contributed by atoms with van der Waals surface area (Å²) >= 11 is 0. The zero-order chi connectivity index (χ0) is 14.4. The normalized spacial score (nSPS) is 22.5. The maximum absolute atomic E-state index is 12.1. The molecule has 1 aromatic rings. The van der Waals surface area contributed by atoms with Crippen LogP contribution in [-0.4, -0.2) is 18.5 Å². The molecule has 1 aliphatic rings. The molecule has 0 aromatic heterocycles. The first-order valence-corrected chi connectivity index (χ1v) is 7.80. The minimum Gasteiger partial charge on any atom is -0.353 e. The lowest BCUT2D eigenvalue weighted by atomic mass is 9.84. The van der Waals surface area contributed by atoms with Gasteiger partial charge in [0, 0.05) is 6.04 Å². The molecular weight excluding hydrogens is 248 g/mol. The third-order valence-corrected chi connectivity index (χ3v) is 4.35. The van der Waals surface area contributed by atoms with Crippen molar-refractivity contribution >= 4 is 5.91 Å². The van der Waals surface area contributed by atoms with E-state index in [1.165, 1.54) is 18.4 Å². The van der Waals surface area contributed by atoms with Crippen molar-refractivity contribution in [3.05, 3.63) is 35.4 Å². The van der Waals surface area contributed by atoms with E-state index in [1.807, 2.05) is 0 Å². The molecule has 1 fully saturated rings. The maximum Gasteiger partial charge on any atom is 0.224 e. The summed E-state index contributed by atoms with van der Waals surface area (Å²) in [5, 5.41) is 3.18. The molecule has 0 aliphatic heterocycles. The van der Waals surface area contributed by atoms with Gasteiger partial charge in [0.15, 0.2) is 0 Å². The number of carbonyl (C=O) groups is 1. The van der Waals surface area contributed by atoms with Gasteiger partial charge in [-0.25, -0.2) is 0 Å². The van der Waals surface area contributed by atoms with E-state index in [4.69, 9.17) is 5.73 Å². The Bertz CT molecular complexity index is 427. The van der Waals surface area contributed by atoms with Gasteiger partial charge >= 0.3 is 0 Å². The van der Waals surface area contributed by atoms with E-state index in [-0.39, 0.29) is 11.9 Å². The van der Waals surface area contributed by atoms with E-state index >= 15 is 0 Å². The molecule has 1 amide bonds. The Morgan fingerprint density at radius 3 is 2.50 bits per heavy atom. The molecule has 0 heterocycles. The van der Waals surface area contributed by atoms with E-state index in [0.717, 1.165) is 24.8 Å². The number of aryl methyl sites for hydroxylation is 1. The van der Waals surface area contributed by atoms with Crippen molar-refractivity contribution in [3.8, 4) is 0 Å². The van der Waals surface area contributed by atoms with Crippen LogP contribution in [0.2, 0.25) is 0 Å². The molecule has 2 unspecified atom stereocenters. The van der Waals surface area contributed by atoms with Crippen molar-refractivity contribution in [1.82, 2.24) is 5.32 Å². The van der Waals surface area contributed by atoms with Crippen LogP contribution < -0.4 is 11.1 Å². The smallest absolute Gasteiger partial charge is 0.224 e. The average molecular weight is 274 g/mol. The summed E-state index contributed by atoms with van der Waals surface area (Å²) in [5.41, 5.74) is 8.20. The minimum absolute atomic E-state index is 0.125. The van der Waals surface area contributed by atoms with Gasteiger partial charge in [-0.05, 0) is 42.9 Å². The van der Waals surface area contributed by atoms with E-state index < -0.39 is 0 Å². The Labute approximate surface area is 121 Å². The molecule has 0 saturated heterocycles. The summed E-state index contributed by atoms with van der Waals surface area (Å²) in [5.74, 6) is 0.578. The molecule has 0 bridgehead atoms. The minimum atomic E-state index is 0.125. The van der Waals surface area contributed by atoms with Gasteiger partial charge < -0.3 is 11.1 Å². The maximum atomic E-state index is 12.1. The zero-order valence-corrected chi connectivity index (χ0v) is 12.4. The molecule has 3 nitrogen and oxygen atoms in total. The SMILES string of the molecule is CCc1ccc(CC(=O)NC2CCCCC2CN)cc1. The van der Waals surface area contributed by atoms with Crippen molar-refractivity contribution < 1.29 is 4.79 Å². The monoisotopic (exact) mass is 274 g/mol. The molecule has 110 valence electrons. The lowest BCUT2D eigenvalue weighted by molar-refractivity contribution is -0.121. The Hall–Kier alpha value is -1.35. The van der Waals surface area contributed by atoms with E-state index in [0.29, 0.717) is 18.9 Å². The Morgan fingerprint density at radius 2 is 1.85 bits per heavy atom. The Balaban J connectivity index is 1.87. The summed E-state index contributed by atoms with van der Waals surface area (Å²) in [7, 11) is 0. The number of hydrogen-bond acceptors (Lipinski definition) is 2. The predicted octanol–water partition coefficient (Wildman–Crippen LogP) is 2.43. The number of nitrogens with one attached hydrogen (secondary N) is 1.